The summed E-state index contributed by atoms with van der Waals surface area (Å²) in [5.74, 6) is 0. The second-order valence-electron chi connectivity index (χ2n) is 8.95. The number of nitrogens with one attached hydrogen (secondary N) is 1. The first-order valence-corrected chi connectivity index (χ1v) is 13.1. The summed E-state index contributed by atoms with van der Waals surface area (Å²) in [7, 11) is -3.89. The van der Waals surface area contributed by atoms with Gasteiger partial charge in [0.2, 0.25) is 10.0 Å². The maximum Gasteiger partial charge on any atom is 0.291 e. The van der Waals surface area contributed by atoms with Crippen LogP contribution < -0.4 is 9.62 Å². The third kappa shape index (κ3) is 4.28. The molecule has 14 heteroatoms. The fourth-order valence-corrected chi connectivity index (χ4v) is 6.11. The molecular weight excluding hydrogens is 490 g/mol. The van der Waals surface area contributed by atoms with E-state index in [4.69, 9.17) is 4.74 Å². The lowest BCUT2D eigenvalue weighted by molar-refractivity contribution is -0.0102. The number of rotatable bonds is 7. The van der Waals surface area contributed by atoms with Crippen molar-refractivity contribution in [1.82, 2.24) is 24.3 Å². The molecule has 2 atom stereocenters. The van der Waals surface area contributed by atoms with Crippen molar-refractivity contribution in [1.29, 1.82) is 0 Å². The summed E-state index contributed by atoms with van der Waals surface area (Å²) in [6.07, 6.45) is 1.19. The number of anilines is 1. The predicted molar refractivity (Wildman–Crippen MR) is 121 cm³/mol. The second kappa shape index (κ2) is 8.45. The molecule has 0 amide bonds. The van der Waals surface area contributed by atoms with Gasteiger partial charge in [0.15, 0.2) is 15.7 Å². The van der Waals surface area contributed by atoms with Crippen molar-refractivity contribution in [2.45, 2.75) is 55.7 Å². The number of hydrogen-bond acceptors (Lipinski definition) is 9. The van der Waals surface area contributed by atoms with Gasteiger partial charge >= 0.3 is 0 Å². The smallest absolute Gasteiger partial charge is 0.291 e. The number of aliphatic hydroxyl groups excluding tert-OH is 1. The SMILES string of the molecule is C[C@@H]1CO[C@H](CO)CN1c1cc(S(=O)(=O)NC2(C)CC2)cn2c(-c3nnc(C(F)F)s3)cnc12. The van der Waals surface area contributed by atoms with Gasteiger partial charge in [-0.1, -0.05) is 11.3 Å². The Morgan fingerprint density at radius 3 is 2.79 bits per heavy atom. The van der Waals surface area contributed by atoms with E-state index < -0.39 is 33.1 Å². The molecule has 2 N–H and O–H groups in total. The lowest BCUT2D eigenvalue weighted by Crippen LogP contribution is -2.49. The predicted octanol–water partition coefficient (Wildman–Crippen LogP) is 2.21. The fourth-order valence-electron chi connectivity index (χ4n) is 3.92. The van der Waals surface area contributed by atoms with Gasteiger partial charge in [0.05, 0.1) is 31.2 Å². The molecule has 3 aromatic rings. The number of imidazole rings is 1. The van der Waals surface area contributed by atoms with Crippen LogP contribution in [0.1, 0.15) is 38.1 Å². The molecule has 34 heavy (non-hydrogen) atoms. The van der Waals surface area contributed by atoms with Crippen LogP contribution in [0.5, 0.6) is 0 Å². The van der Waals surface area contributed by atoms with E-state index in [0.717, 1.165) is 24.2 Å². The molecule has 1 aliphatic carbocycles. The maximum absolute atomic E-state index is 13.3. The van der Waals surface area contributed by atoms with E-state index in [1.807, 2.05) is 18.7 Å². The quantitative estimate of drug-likeness (QED) is 0.492. The van der Waals surface area contributed by atoms with Gasteiger partial charge in [0.25, 0.3) is 6.43 Å². The molecule has 3 aromatic heterocycles. The van der Waals surface area contributed by atoms with Crippen molar-refractivity contribution in [3.63, 3.8) is 0 Å². The highest BCUT2D eigenvalue weighted by Gasteiger charge is 2.42. The summed E-state index contributed by atoms with van der Waals surface area (Å²) in [5.41, 5.74) is 0.842. The van der Waals surface area contributed by atoms with Crippen LogP contribution in [-0.4, -0.2) is 70.5 Å². The molecule has 10 nitrogen and oxygen atoms in total. The van der Waals surface area contributed by atoms with Gasteiger partial charge in [-0.05, 0) is 32.8 Å². The topological polar surface area (TPSA) is 122 Å². The first kappa shape index (κ1) is 23.5. The van der Waals surface area contributed by atoms with E-state index in [2.05, 4.69) is 19.9 Å². The van der Waals surface area contributed by atoms with Gasteiger partial charge < -0.3 is 14.7 Å². The van der Waals surface area contributed by atoms with Crippen molar-refractivity contribution in [3.8, 4) is 10.7 Å². The van der Waals surface area contributed by atoms with E-state index in [9.17, 15) is 22.3 Å². The van der Waals surface area contributed by atoms with Crippen LogP contribution in [0.15, 0.2) is 23.4 Å². The van der Waals surface area contributed by atoms with Crippen LogP contribution in [-0.2, 0) is 14.8 Å². The molecule has 1 saturated heterocycles. The number of nitrogens with zero attached hydrogens (tertiary/aromatic N) is 5. The largest absolute Gasteiger partial charge is 0.394 e. The number of ether oxygens (including phenoxy) is 1. The first-order valence-electron chi connectivity index (χ1n) is 10.8. The Balaban J connectivity index is 1.67. The normalized spacial score (nSPS) is 22.6. The first-order chi connectivity index (χ1) is 16.1. The minimum atomic E-state index is -3.89. The summed E-state index contributed by atoms with van der Waals surface area (Å²) >= 11 is 0.728. The third-order valence-electron chi connectivity index (χ3n) is 6.12. The molecule has 5 rings (SSSR count). The standard InChI is InChI=1S/C20H24F2N6O4S2/c1-11-10-32-12(9-29)7-27(11)14-5-13(34(30,31)26-20(2)3-4-20)8-28-15(6-23-17(14)28)18-24-25-19(33-18)16(21)22/h5-6,8,11-12,16,26,29H,3-4,7,9-10H2,1-2H3/t11-,12+/m1/s1. The molecule has 0 radical (unpaired) electrons. The zero-order valence-corrected chi connectivity index (χ0v) is 20.1. The molecule has 1 aliphatic heterocycles. The number of halogens is 2. The fraction of sp³-hybridized carbons (Fsp3) is 0.550. The molecule has 0 unspecified atom stereocenters. The highest BCUT2D eigenvalue weighted by Crippen LogP contribution is 2.38. The van der Waals surface area contributed by atoms with Gasteiger partial charge in [-0.2, -0.15) is 0 Å². The van der Waals surface area contributed by atoms with Crippen LogP contribution in [0.4, 0.5) is 14.5 Å². The molecule has 0 bridgehead atoms. The van der Waals surface area contributed by atoms with Gasteiger partial charge in [-0.3, -0.25) is 4.40 Å². The van der Waals surface area contributed by atoms with E-state index >= 15 is 0 Å². The highest BCUT2D eigenvalue weighted by atomic mass is 32.2. The zero-order valence-electron chi connectivity index (χ0n) is 18.5. The Bertz CT molecular complexity index is 1320. The lowest BCUT2D eigenvalue weighted by atomic mass is 10.1. The molecule has 184 valence electrons. The van der Waals surface area contributed by atoms with Gasteiger partial charge in [0, 0.05) is 24.3 Å². The Hall–Kier alpha value is -2.26. The Labute approximate surface area is 198 Å². The molecule has 0 aromatic carbocycles. The molecule has 2 aliphatic rings. The number of sulfonamides is 1. The van der Waals surface area contributed by atoms with Gasteiger partial charge in [0.1, 0.15) is 10.6 Å². The average molecular weight is 515 g/mol. The van der Waals surface area contributed by atoms with E-state index in [1.54, 1.807) is 10.5 Å². The second-order valence-corrected chi connectivity index (χ2v) is 11.6. The number of morpholine rings is 1. The average Bonchev–Trinajstić information content (AvgIpc) is 3.19. The zero-order chi connectivity index (χ0) is 24.3. The summed E-state index contributed by atoms with van der Waals surface area (Å²) in [6, 6.07) is 1.44. The Morgan fingerprint density at radius 2 is 2.15 bits per heavy atom. The van der Waals surface area contributed by atoms with Crippen molar-refractivity contribution >= 4 is 32.7 Å². The molecule has 2 fully saturated rings. The molecule has 1 saturated carbocycles. The third-order valence-corrected chi connectivity index (χ3v) is 8.68. The lowest BCUT2D eigenvalue weighted by Gasteiger charge is -2.39. The summed E-state index contributed by atoms with van der Waals surface area (Å²) < 4.78 is 62.7. The number of aromatic nitrogens is 4. The molecular formula is C20H24F2N6O4S2. The number of pyridine rings is 1. The van der Waals surface area contributed by atoms with Crippen LogP contribution in [0.3, 0.4) is 0 Å². The number of hydrogen-bond donors (Lipinski definition) is 2. The Morgan fingerprint density at radius 1 is 1.38 bits per heavy atom. The van der Waals surface area contributed by atoms with Crippen molar-refractivity contribution in [2.24, 2.45) is 0 Å². The van der Waals surface area contributed by atoms with E-state index in [-0.39, 0.29) is 22.6 Å². The van der Waals surface area contributed by atoms with Crippen LogP contribution in [0, 0.1) is 0 Å². The maximum atomic E-state index is 13.3. The van der Waals surface area contributed by atoms with E-state index in [0.29, 0.717) is 30.2 Å². The van der Waals surface area contributed by atoms with Crippen LogP contribution in [0.25, 0.3) is 16.3 Å². The minimum Gasteiger partial charge on any atom is -0.394 e. The van der Waals surface area contributed by atoms with Gasteiger partial charge in [-0.25, -0.2) is 26.9 Å². The van der Waals surface area contributed by atoms with Crippen LogP contribution >= 0.6 is 11.3 Å². The van der Waals surface area contributed by atoms with Crippen molar-refractivity contribution in [2.75, 3.05) is 24.7 Å². The van der Waals surface area contributed by atoms with Crippen molar-refractivity contribution < 1.29 is 27.0 Å². The van der Waals surface area contributed by atoms with Crippen molar-refractivity contribution in [3.05, 3.63) is 23.5 Å². The van der Waals surface area contributed by atoms with Gasteiger partial charge in [-0.15, -0.1) is 10.2 Å². The molecule has 0 spiro atoms. The number of fused-ring (bicyclic) bond motifs is 1. The van der Waals surface area contributed by atoms with Crippen LogP contribution in [0.2, 0.25) is 0 Å². The summed E-state index contributed by atoms with van der Waals surface area (Å²) in [6.45, 7) is 4.26. The summed E-state index contributed by atoms with van der Waals surface area (Å²) in [4.78, 5) is 6.43. The summed E-state index contributed by atoms with van der Waals surface area (Å²) in [5, 5.41) is 16.8. The minimum absolute atomic E-state index is 0.0141. The highest BCUT2D eigenvalue weighted by molar-refractivity contribution is 7.89. The number of aliphatic hydroxyl groups is 1. The Kier molecular flexibility index (Phi) is 5.83. The molecule has 4 heterocycles. The number of alkyl halides is 2. The van der Waals surface area contributed by atoms with E-state index in [1.165, 1.54) is 12.4 Å². The monoisotopic (exact) mass is 514 g/mol.